The third-order valence-electron chi connectivity index (χ3n) is 3.86. The third-order valence-corrected chi connectivity index (χ3v) is 4.08. The van der Waals surface area contributed by atoms with Gasteiger partial charge in [-0.1, -0.05) is 25.8 Å². The maximum atomic E-state index is 13.4. The predicted molar refractivity (Wildman–Crippen MR) is 81.9 cm³/mol. The fourth-order valence-corrected chi connectivity index (χ4v) is 2.81. The van der Waals surface area contributed by atoms with E-state index in [1.807, 2.05) is 6.07 Å². The normalized spacial score (nSPS) is 22.9. The van der Waals surface area contributed by atoms with E-state index in [2.05, 4.69) is 17.6 Å². The lowest BCUT2D eigenvalue weighted by molar-refractivity contribution is 0.309. The Labute approximate surface area is 119 Å². The van der Waals surface area contributed by atoms with Crippen molar-refractivity contribution in [2.75, 3.05) is 5.32 Å². The van der Waals surface area contributed by atoms with Crippen LogP contribution in [0.15, 0.2) is 18.2 Å². The van der Waals surface area contributed by atoms with Crippen molar-refractivity contribution < 1.29 is 4.39 Å². The summed E-state index contributed by atoms with van der Waals surface area (Å²) in [4.78, 5) is 0. The van der Waals surface area contributed by atoms with Gasteiger partial charge in [-0.3, -0.25) is 0 Å². The average molecular weight is 280 g/mol. The highest BCUT2D eigenvalue weighted by molar-refractivity contribution is 7.80. The Kier molecular flexibility index (Phi) is 4.75. The predicted octanol–water partition coefficient (Wildman–Crippen LogP) is 4.00. The van der Waals surface area contributed by atoms with E-state index in [1.165, 1.54) is 25.3 Å². The standard InChI is InChI=1S/C15H21FN2S/c1-10-7-8-12(9-13(10)16)17-15(19)18-14-6-4-3-5-11(14)2/h7-9,11,14H,3-6H2,1-2H3,(H2,17,18,19)/t11-,14+/m1/s1. The zero-order valence-electron chi connectivity index (χ0n) is 11.5. The molecule has 0 radical (unpaired) electrons. The number of rotatable bonds is 2. The summed E-state index contributed by atoms with van der Waals surface area (Å²) >= 11 is 5.30. The minimum absolute atomic E-state index is 0.209. The number of thiocarbonyl (C=S) groups is 1. The van der Waals surface area contributed by atoms with Gasteiger partial charge in [0.05, 0.1) is 0 Å². The van der Waals surface area contributed by atoms with Crippen LogP contribution >= 0.6 is 12.2 Å². The Bertz CT molecular complexity index is 461. The van der Waals surface area contributed by atoms with Crippen LogP contribution in [0.4, 0.5) is 10.1 Å². The molecule has 0 unspecified atom stereocenters. The Balaban J connectivity index is 1.91. The highest BCUT2D eigenvalue weighted by Gasteiger charge is 2.21. The lowest BCUT2D eigenvalue weighted by Gasteiger charge is -2.30. The van der Waals surface area contributed by atoms with E-state index in [0.29, 0.717) is 28.3 Å². The first kappa shape index (κ1) is 14.3. The number of benzene rings is 1. The van der Waals surface area contributed by atoms with Crippen LogP contribution in [0, 0.1) is 18.7 Å². The van der Waals surface area contributed by atoms with Crippen LogP contribution in [-0.2, 0) is 0 Å². The van der Waals surface area contributed by atoms with E-state index in [9.17, 15) is 4.39 Å². The first-order chi connectivity index (χ1) is 9.06. The summed E-state index contributed by atoms with van der Waals surface area (Å²) in [6.45, 7) is 4.00. The fourth-order valence-electron chi connectivity index (χ4n) is 2.54. The van der Waals surface area contributed by atoms with E-state index < -0.39 is 0 Å². The molecule has 0 amide bonds. The summed E-state index contributed by atoms with van der Waals surface area (Å²) in [7, 11) is 0. The summed E-state index contributed by atoms with van der Waals surface area (Å²) in [5, 5.41) is 6.99. The number of halogens is 1. The van der Waals surface area contributed by atoms with Gasteiger partial charge < -0.3 is 10.6 Å². The van der Waals surface area contributed by atoms with Gasteiger partial charge in [0.15, 0.2) is 5.11 Å². The van der Waals surface area contributed by atoms with Gasteiger partial charge in [-0.15, -0.1) is 0 Å². The third kappa shape index (κ3) is 3.90. The molecule has 1 aromatic carbocycles. The van der Waals surface area contributed by atoms with Gasteiger partial charge >= 0.3 is 0 Å². The fraction of sp³-hybridized carbons (Fsp3) is 0.533. The van der Waals surface area contributed by atoms with Crippen LogP contribution in [0.25, 0.3) is 0 Å². The van der Waals surface area contributed by atoms with Crippen molar-refractivity contribution in [2.24, 2.45) is 5.92 Å². The Hall–Kier alpha value is -1.16. The Morgan fingerprint density at radius 1 is 1.32 bits per heavy atom. The van der Waals surface area contributed by atoms with Crippen molar-refractivity contribution in [2.45, 2.75) is 45.6 Å². The van der Waals surface area contributed by atoms with Crippen LogP contribution in [0.5, 0.6) is 0 Å². The molecule has 4 heteroatoms. The van der Waals surface area contributed by atoms with Crippen molar-refractivity contribution in [3.63, 3.8) is 0 Å². The monoisotopic (exact) mass is 280 g/mol. The molecule has 104 valence electrons. The summed E-state index contributed by atoms with van der Waals surface area (Å²) in [5.74, 6) is 0.432. The molecular weight excluding hydrogens is 259 g/mol. The summed E-state index contributed by atoms with van der Waals surface area (Å²) < 4.78 is 13.4. The SMILES string of the molecule is Cc1ccc(NC(=S)N[C@H]2CCCC[C@H]2C)cc1F. The largest absolute Gasteiger partial charge is 0.359 e. The lowest BCUT2D eigenvalue weighted by Crippen LogP contribution is -2.43. The van der Waals surface area contributed by atoms with E-state index >= 15 is 0 Å². The van der Waals surface area contributed by atoms with Gasteiger partial charge in [0.25, 0.3) is 0 Å². The Morgan fingerprint density at radius 3 is 2.74 bits per heavy atom. The zero-order chi connectivity index (χ0) is 13.8. The number of aryl methyl sites for hydroxylation is 1. The molecule has 1 aliphatic carbocycles. The molecule has 0 spiro atoms. The van der Waals surface area contributed by atoms with Crippen molar-refractivity contribution in [3.8, 4) is 0 Å². The molecule has 2 rings (SSSR count). The zero-order valence-corrected chi connectivity index (χ0v) is 12.3. The first-order valence-electron chi connectivity index (χ1n) is 6.90. The number of hydrogen-bond acceptors (Lipinski definition) is 1. The highest BCUT2D eigenvalue weighted by atomic mass is 32.1. The van der Waals surface area contributed by atoms with Crippen LogP contribution in [0.3, 0.4) is 0 Å². The molecular formula is C15H21FN2S. The second-order valence-electron chi connectivity index (χ2n) is 5.43. The molecule has 0 saturated heterocycles. The maximum absolute atomic E-state index is 13.4. The maximum Gasteiger partial charge on any atom is 0.171 e. The number of anilines is 1. The van der Waals surface area contributed by atoms with Crippen LogP contribution in [0.2, 0.25) is 0 Å². The highest BCUT2D eigenvalue weighted by Crippen LogP contribution is 2.23. The van der Waals surface area contributed by atoms with Gasteiger partial charge in [0.1, 0.15) is 5.82 Å². The number of nitrogens with one attached hydrogen (secondary N) is 2. The molecule has 2 nitrogen and oxygen atoms in total. The molecule has 19 heavy (non-hydrogen) atoms. The first-order valence-corrected chi connectivity index (χ1v) is 7.31. The minimum atomic E-state index is -0.209. The van der Waals surface area contributed by atoms with E-state index in [1.54, 1.807) is 13.0 Å². The molecule has 0 bridgehead atoms. The van der Waals surface area contributed by atoms with Gasteiger partial charge in [-0.05, 0) is 55.6 Å². The molecule has 2 atom stereocenters. The van der Waals surface area contributed by atoms with Gasteiger partial charge in [-0.2, -0.15) is 0 Å². The molecule has 0 aliphatic heterocycles. The van der Waals surface area contributed by atoms with Gasteiger partial charge in [0, 0.05) is 11.7 Å². The quantitative estimate of drug-likeness (QED) is 0.801. The molecule has 1 fully saturated rings. The number of hydrogen-bond donors (Lipinski definition) is 2. The van der Waals surface area contributed by atoms with Crippen molar-refractivity contribution in [1.29, 1.82) is 0 Å². The Morgan fingerprint density at radius 2 is 2.05 bits per heavy atom. The summed E-state index contributed by atoms with van der Waals surface area (Å²) in [6, 6.07) is 5.51. The molecule has 1 aromatic rings. The average Bonchev–Trinajstić information content (AvgIpc) is 2.37. The molecule has 1 saturated carbocycles. The summed E-state index contributed by atoms with van der Waals surface area (Å²) in [5.41, 5.74) is 1.34. The van der Waals surface area contributed by atoms with Crippen molar-refractivity contribution in [1.82, 2.24) is 5.32 Å². The topological polar surface area (TPSA) is 24.1 Å². The lowest BCUT2D eigenvalue weighted by atomic mass is 9.86. The van der Waals surface area contributed by atoms with Crippen molar-refractivity contribution >= 4 is 23.0 Å². The van der Waals surface area contributed by atoms with Gasteiger partial charge in [0.2, 0.25) is 0 Å². The second-order valence-corrected chi connectivity index (χ2v) is 5.84. The summed E-state index contributed by atoms with van der Waals surface area (Å²) in [6.07, 6.45) is 4.97. The van der Waals surface area contributed by atoms with E-state index in [4.69, 9.17) is 12.2 Å². The van der Waals surface area contributed by atoms with Crippen LogP contribution in [-0.4, -0.2) is 11.2 Å². The molecule has 0 aromatic heterocycles. The van der Waals surface area contributed by atoms with E-state index in [-0.39, 0.29) is 5.82 Å². The second kappa shape index (κ2) is 6.33. The van der Waals surface area contributed by atoms with Crippen molar-refractivity contribution in [3.05, 3.63) is 29.6 Å². The minimum Gasteiger partial charge on any atom is -0.359 e. The molecule has 2 N–H and O–H groups in total. The van der Waals surface area contributed by atoms with E-state index in [0.717, 1.165) is 6.42 Å². The van der Waals surface area contributed by atoms with Crippen LogP contribution in [0.1, 0.15) is 38.2 Å². The molecule has 0 heterocycles. The van der Waals surface area contributed by atoms with Crippen LogP contribution < -0.4 is 10.6 Å². The molecule has 1 aliphatic rings. The van der Waals surface area contributed by atoms with Gasteiger partial charge in [-0.25, -0.2) is 4.39 Å². The smallest absolute Gasteiger partial charge is 0.171 e.